The van der Waals surface area contributed by atoms with Gasteiger partial charge in [0.05, 0.1) is 0 Å². The van der Waals surface area contributed by atoms with Crippen molar-refractivity contribution in [2.75, 3.05) is 6.54 Å². The summed E-state index contributed by atoms with van der Waals surface area (Å²) in [5, 5.41) is 2.67. The van der Waals surface area contributed by atoms with Gasteiger partial charge >= 0.3 is 0 Å². The quantitative estimate of drug-likeness (QED) is 0.923. The van der Waals surface area contributed by atoms with Crippen molar-refractivity contribution >= 4 is 17.2 Å². The summed E-state index contributed by atoms with van der Waals surface area (Å²) in [7, 11) is 0. The second kappa shape index (κ2) is 6.48. The number of likely N-dealkylation sites (tertiary alicyclic amines) is 1. The third-order valence-electron chi connectivity index (χ3n) is 3.91. The average Bonchev–Trinajstić information content (AvgIpc) is 2.89. The molecule has 2 unspecified atom stereocenters. The van der Waals surface area contributed by atoms with E-state index in [0.29, 0.717) is 24.2 Å². The number of hydrogen-bond donors (Lipinski definition) is 1. The lowest BCUT2D eigenvalue weighted by atomic mass is 9.88. The molecule has 106 valence electrons. The fourth-order valence-electron chi connectivity index (χ4n) is 2.89. The third-order valence-corrected chi connectivity index (χ3v) is 4.78. The zero-order valence-electron chi connectivity index (χ0n) is 11.8. The molecule has 0 aromatic carbocycles. The first-order chi connectivity index (χ1) is 9.17. The number of rotatable bonds is 4. The van der Waals surface area contributed by atoms with Crippen LogP contribution < -0.4 is 5.73 Å². The molecule has 1 fully saturated rings. The molecule has 1 aromatic rings. The van der Waals surface area contributed by atoms with E-state index in [1.807, 2.05) is 10.3 Å². The van der Waals surface area contributed by atoms with Crippen LogP contribution in [0.25, 0.3) is 0 Å². The maximum Gasteiger partial charge on any atom is 0.273 e. The molecule has 19 heavy (non-hydrogen) atoms. The Kier molecular flexibility index (Phi) is 4.93. The van der Waals surface area contributed by atoms with E-state index in [9.17, 15) is 4.79 Å². The van der Waals surface area contributed by atoms with Crippen LogP contribution in [-0.4, -0.2) is 28.4 Å². The maximum atomic E-state index is 12.6. The zero-order valence-corrected chi connectivity index (χ0v) is 12.6. The van der Waals surface area contributed by atoms with Gasteiger partial charge in [0.2, 0.25) is 0 Å². The van der Waals surface area contributed by atoms with Crippen molar-refractivity contribution in [2.24, 2.45) is 11.7 Å². The lowest BCUT2D eigenvalue weighted by molar-refractivity contribution is 0.0492. The van der Waals surface area contributed by atoms with Crippen molar-refractivity contribution in [2.45, 2.75) is 52.1 Å². The van der Waals surface area contributed by atoms with E-state index < -0.39 is 0 Å². The van der Waals surface area contributed by atoms with Gasteiger partial charge in [-0.3, -0.25) is 4.79 Å². The smallest absolute Gasteiger partial charge is 0.273 e. The van der Waals surface area contributed by atoms with E-state index in [4.69, 9.17) is 5.73 Å². The third kappa shape index (κ3) is 3.15. The van der Waals surface area contributed by atoms with Gasteiger partial charge in [-0.05, 0) is 25.2 Å². The molecule has 0 saturated carbocycles. The molecule has 0 bridgehead atoms. The molecule has 1 aromatic heterocycles. The minimum atomic E-state index is 0.0842. The summed E-state index contributed by atoms with van der Waals surface area (Å²) in [5.41, 5.74) is 6.13. The molecule has 0 radical (unpaired) electrons. The molecular formula is C14H23N3OS. The number of carbonyl (C=O) groups excluding carboxylic acids is 1. The SMILES string of the molecule is CCCC1C(C)CCCN1C(=O)c1csc(CN)n1. The molecule has 1 aliphatic rings. The van der Waals surface area contributed by atoms with Crippen LogP contribution in [0.1, 0.15) is 55.0 Å². The number of thiazole rings is 1. The van der Waals surface area contributed by atoms with Gasteiger partial charge in [-0.25, -0.2) is 4.98 Å². The van der Waals surface area contributed by atoms with Gasteiger partial charge in [0.15, 0.2) is 0 Å². The van der Waals surface area contributed by atoms with Crippen molar-refractivity contribution in [3.8, 4) is 0 Å². The molecule has 1 saturated heterocycles. The molecule has 1 amide bonds. The first-order valence-corrected chi connectivity index (χ1v) is 8.00. The van der Waals surface area contributed by atoms with Gasteiger partial charge in [-0.15, -0.1) is 11.3 Å². The maximum absolute atomic E-state index is 12.6. The standard InChI is InChI=1S/C14H23N3OS/c1-3-5-12-10(2)6-4-7-17(12)14(18)11-9-19-13(8-15)16-11/h9-10,12H,3-8,15H2,1-2H3. The van der Waals surface area contributed by atoms with Crippen LogP contribution in [0.4, 0.5) is 0 Å². The van der Waals surface area contributed by atoms with E-state index in [2.05, 4.69) is 18.8 Å². The van der Waals surface area contributed by atoms with Crippen LogP contribution in [0.15, 0.2) is 5.38 Å². The Morgan fingerprint density at radius 2 is 2.42 bits per heavy atom. The first kappa shape index (κ1) is 14.5. The second-order valence-electron chi connectivity index (χ2n) is 5.30. The van der Waals surface area contributed by atoms with E-state index in [-0.39, 0.29) is 5.91 Å². The molecule has 2 heterocycles. The van der Waals surface area contributed by atoms with E-state index in [1.54, 1.807) is 0 Å². The number of nitrogens with two attached hydrogens (primary N) is 1. The van der Waals surface area contributed by atoms with Crippen molar-refractivity contribution < 1.29 is 4.79 Å². The minimum absolute atomic E-state index is 0.0842. The van der Waals surface area contributed by atoms with Crippen LogP contribution >= 0.6 is 11.3 Å². The fourth-order valence-corrected chi connectivity index (χ4v) is 3.54. The Balaban J connectivity index is 2.15. The summed E-state index contributed by atoms with van der Waals surface area (Å²) < 4.78 is 0. The summed E-state index contributed by atoms with van der Waals surface area (Å²) in [6.45, 7) is 5.71. The summed E-state index contributed by atoms with van der Waals surface area (Å²) in [5.74, 6) is 0.672. The van der Waals surface area contributed by atoms with Gasteiger partial charge in [-0.1, -0.05) is 20.3 Å². The lowest BCUT2D eigenvalue weighted by Gasteiger charge is -2.39. The number of nitrogens with zero attached hydrogens (tertiary/aromatic N) is 2. The van der Waals surface area contributed by atoms with Gasteiger partial charge < -0.3 is 10.6 Å². The highest BCUT2D eigenvalue weighted by atomic mass is 32.1. The molecule has 2 N–H and O–H groups in total. The topological polar surface area (TPSA) is 59.2 Å². The predicted octanol–water partition coefficient (Wildman–Crippen LogP) is 2.64. The molecule has 1 aliphatic heterocycles. The number of piperidine rings is 1. The number of aromatic nitrogens is 1. The first-order valence-electron chi connectivity index (χ1n) is 7.12. The summed E-state index contributed by atoms with van der Waals surface area (Å²) in [6.07, 6.45) is 4.52. The molecular weight excluding hydrogens is 258 g/mol. The van der Waals surface area contributed by atoms with Gasteiger partial charge in [0.25, 0.3) is 5.91 Å². The molecule has 4 nitrogen and oxygen atoms in total. The Hall–Kier alpha value is -0.940. The van der Waals surface area contributed by atoms with Gasteiger partial charge in [0, 0.05) is 24.5 Å². The van der Waals surface area contributed by atoms with Crippen molar-refractivity contribution in [3.63, 3.8) is 0 Å². The van der Waals surface area contributed by atoms with Crippen LogP contribution in [0.3, 0.4) is 0 Å². The normalized spacial score (nSPS) is 23.6. The highest BCUT2D eigenvalue weighted by Crippen LogP contribution is 2.28. The summed E-state index contributed by atoms with van der Waals surface area (Å²) >= 11 is 1.47. The second-order valence-corrected chi connectivity index (χ2v) is 6.25. The van der Waals surface area contributed by atoms with Crippen molar-refractivity contribution in [1.82, 2.24) is 9.88 Å². The average molecular weight is 281 g/mol. The van der Waals surface area contributed by atoms with Crippen LogP contribution in [0.5, 0.6) is 0 Å². The zero-order chi connectivity index (χ0) is 13.8. The van der Waals surface area contributed by atoms with E-state index in [0.717, 1.165) is 30.8 Å². The molecule has 2 atom stereocenters. The molecule has 0 aliphatic carbocycles. The number of hydrogen-bond acceptors (Lipinski definition) is 4. The highest BCUT2D eigenvalue weighted by Gasteiger charge is 2.32. The fraction of sp³-hybridized carbons (Fsp3) is 0.714. The van der Waals surface area contributed by atoms with Crippen LogP contribution in [0, 0.1) is 5.92 Å². The van der Waals surface area contributed by atoms with Crippen LogP contribution in [-0.2, 0) is 6.54 Å². The molecule has 0 spiro atoms. The summed E-state index contributed by atoms with van der Waals surface area (Å²) in [4.78, 5) is 18.9. The molecule has 5 heteroatoms. The monoisotopic (exact) mass is 281 g/mol. The van der Waals surface area contributed by atoms with Crippen molar-refractivity contribution in [3.05, 3.63) is 16.1 Å². The Morgan fingerprint density at radius 1 is 1.63 bits per heavy atom. The Morgan fingerprint density at radius 3 is 3.05 bits per heavy atom. The Labute approximate surface area is 119 Å². The van der Waals surface area contributed by atoms with Crippen molar-refractivity contribution in [1.29, 1.82) is 0 Å². The van der Waals surface area contributed by atoms with Gasteiger partial charge in [0.1, 0.15) is 10.7 Å². The number of carbonyl (C=O) groups is 1. The van der Waals surface area contributed by atoms with E-state index in [1.165, 1.54) is 17.8 Å². The molecule has 2 rings (SSSR count). The lowest BCUT2D eigenvalue weighted by Crippen LogP contribution is -2.47. The number of amides is 1. The van der Waals surface area contributed by atoms with Gasteiger partial charge in [-0.2, -0.15) is 0 Å². The van der Waals surface area contributed by atoms with Crippen LogP contribution in [0.2, 0.25) is 0 Å². The predicted molar refractivity (Wildman–Crippen MR) is 78.1 cm³/mol. The van der Waals surface area contributed by atoms with E-state index >= 15 is 0 Å². The highest BCUT2D eigenvalue weighted by molar-refractivity contribution is 7.09. The Bertz CT molecular complexity index is 432. The largest absolute Gasteiger partial charge is 0.334 e. The minimum Gasteiger partial charge on any atom is -0.334 e. The summed E-state index contributed by atoms with van der Waals surface area (Å²) in [6, 6.07) is 0.370.